The highest BCUT2D eigenvalue weighted by Gasteiger charge is 2.05. The summed E-state index contributed by atoms with van der Waals surface area (Å²) in [6.45, 7) is 3.47. The van der Waals surface area contributed by atoms with Crippen molar-refractivity contribution in [3.05, 3.63) is 78.0 Å². The predicted octanol–water partition coefficient (Wildman–Crippen LogP) is 2.89. The first-order valence-electron chi connectivity index (χ1n) is 7.88. The number of anilines is 1. The Hall–Kier alpha value is -3.15. The Balaban J connectivity index is 1.51. The third kappa shape index (κ3) is 2.99. The van der Waals surface area contributed by atoms with E-state index in [1.807, 2.05) is 40.6 Å². The van der Waals surface area contributed by atoms with Gasteiger partial charge < -0.3 is 5.32 Å². The molecular weight excluding hydrogens is 300 g/mol. The average Bonchev–Trinajstić information content (AvgIpc) is 3.22. The molecule has 1 aromatic carbocycles. The lowest BCUT2D eigenvalue weighted by Crippen LogP contribution is -2.05. The lowest BCUT2D eigenvalue weighted by Gasteiger charge is -2.09. The number of aromatic nitrogens is 5. The van der Waals surface area contributed by atoms with E-state index in [0.29, 0.717) is 6.54 Å². The third-order valence-electron chi connectivity index (χ3n) is 3.87. The maximum absolute atomic E-state index is 4.43. The Morgan fingerprint density at radius 3 is 2.83 bits per heavy atom. The van der Waals surface area contributed by atoms with Crippen LogP contribution in [0.5, 0.6) is 0 Å². The molecular formula is C18H18N6. The minimum absolute atomic E-state index is 0.712. The SMILES string of the molecule is Cc1cc2c(NCc3cccc(Cn4cccn4)c3)nccn2n1. The fourth-order valence-corrected chi connectivity index (χ4v) is 2.79. The van der Waals surface area contributed by atoms with E-state index < -0.39 is 0 Å². The number of nitrogens with zero attached hydrogens (tertiary/aromatic N) is 5. The summed E-state index contributed by atoms with van der Waals surface area (Å²) in [7, 11) is 0. The molecule has 3 heterocycles. The molecule has 0 aliphatic heterocycles. The van der Waals surface area contributed by atoms with Gasteiger partial charge in [0.1, 0.15) is 5.52 Å². The van der Waals surface area contributed by atoms with Gasteiger partial charge in [-0.3, -0.25) is 4.68 Å². The van der Waals surface area contributed by atoms with Crippen LogP contribution in [-0.4, -0.2) is 24.4 Å². The summed E-state index contributed by atoms with van der Waals surface area (Å²) >= 11 is 0. The summed E-state index contributed by atoms with van der Waals surface area (Å²) < 4.78 is 3.77. The standard InChI is InChI=1S/C18H18N6/c1-14-10-17-18(19-7-9-24(17)22-14)20-12-15-4-2-5-16(11-15)13-23-8-3-6-21-23/h2-11H,12-13H2,1H3,(H,19,20). The molecule has 4 rings (SSSR count). The molecule has 0 aliphatic rings. The summed E-state index contributed by atoms with van der Waals surface area (Å²) in [5, 5.41) is 12.1. The zero-order valence-electron chi connectivity index (χ0n) is 13.4. The summed E-state index contributed by atoms with van der Waals surface area (Å²) in [6, 6.07) is 12.5. The van der Waals surface area contributed by atoms with Crippen molar-refractivity contribution in [3.63, 3.8) is 0 Å². The van der Waals surface area contributed by atoms with Crippen molar-refractivity contribution in [2.24, 2.45) is 0 Å². The van der Waals surface area contributed by atoms with Crippen molar-refractivity contribution in [2.45, 2.75) is 20.0 Å². The van der Waals surface area contributed by atoms with Gasteiger partial charge in [0.15, 0.2) is 5.82 Å². The summed E-state index contributed by atoms with van der Waals surface area (Å²) in [4.78, 5) is 4.43. The second-order valence-corrected chi connectivity index (χ2v) is 5.77. The second kappa shape index (κ2) is 6.16. The predicted molar refractivity (Wildman–Crippen MR) is 92.8 cm³/mol. The topological polar surface area (TPSA) is 60.0 Å². The normalized spacial score (nSPS) is 11.0. The Labute approximate surface area is 139 Å². The van der Waals surface area contributed by atoms with Crippen LogP contribution < -0.4 is 5.32 Å². The number of hydrogen-bond donors (Lipinski definition) is 1. The summed E-state index contributed by atoms with van der Waals surface area (Å²) in [5.74, 6) is 0.843. The molecule has 0 saturated heterocycles. The highest BCUT2D eigenvalue weighted by Crippen LogP contribution is 2.16. The van der Waals surface area contributed by atoms with Gasteiger partial charge in [-0.15, -0.1) is 0 Å². The number of hydrogen-bond acceptors (Lipinski definition) is 4. The molecule has 0 radical (unpaired) electrons. The fourth-order valence-electron chi connectivity index (χ4n) is 2.79. The third-order valence-corrected chi connectivity index (χ3v) is 3.87. The van der Waals surface area contributed by atoms with Crippen LogP contribution in [0.25, 0.3) is 5.52 Å². The molecule has 24 heavy (non-hydrogen) atoms. The first-order chi connectivity index (χ1) is 11.8. The van der Waals surface area contributed by atoms with Gasteiger partial charge in [0.05, 0.1) is 12.2 Å². The average molecular weight is 318 g/mol. The van der Waals surface area contributed by atoms with Crippen LogP contribution >= 0.6 is 0 Å². The maximum atomic E-state index is 4.43. The van der Waals surface area contributed by atoms with Crippen LogP contribution in [0.1, 0.15) is 16.8 Å². The van der Waals surface area contributed by atoms with Crippen LogP contribution in [-0.2, 0) is 13.1 Å². The minimum atomic E-state index is 0.712. The fraction of sp³-hybridized carbons (Fsp3) is 0.167. The Kier molecular flexibility index (Phi) is 3.70. The van der Waals surface area contributed by atoms with Crippen molar-refractivity contribution in [2.75, 3.05) is 5.32 Å². The zero-order chi connectivity index (χ0) is 16.4. The number of nitrogens with one attached hydrogen (secondary N) is 1. The molecule has 0 fully saturated rings. The van der Waals surface area contributed by atoms with Crippen molar-refractivity contribution in [1.29, 1.82) is 0 Å². The van der Waals surface area contributed by atoms with Crippen LogP contribution in [0.4, 0.5) is 5.82 Å². The Bertz CT molecular complexity index is 955. The molecule has 0 saturated carbocycles. The van der Waals surface area contributed by atoms with Crippen molar-refractivity contribution in [1.82, 2.24) is 24.4 Å². The highest BCUT2D eigenvalue weighted by atomic mass is 15.3. The molecule has 0 spiro atoms. The molecule has 4 aromatic rings. The largest absolute Gasteiger partial charge is 0.364 e. The van der Waals surface area contributed by atoms with Crippen molar-refractivity contribution in [3.8, 4) is 0 Å². The molecule has 0 amide bonds. The molecule has 120 valence electrons. The molecule has 3 aromatic heterocycles. The van der Waals surface area contributed by atoms with E-state index in [9.17, 15) is 0 Å². The molecule has 0 atom stereocenters. The van der Waals surface area contributed by atoms with Crippen LogP contribution in [0.2, 0.25) is 0 Å². The number of benzene rings is 1. The minimum Gasteiger partial charge on any atom is -0.364 e. The molecule has 6 nitrogen and oxygen atoms in total. The van der Waals surface area contributed by atoms with Gasteiger partial charge in [0.25, 0.3) is 0 Å². The number of fused-ring (bicyclic) bond motifs is 1. The van der Waals surface area contributed by atoms with Gasteiger partial charge in [-0.25, -0.2) is 9.50 Å². The Morgan fingerprint density at radius 2 is 1.96 bits per heavy atom. The van der Waals surface area contributed by atoms with Gasteiger partial charge >= 0.3 is 0 Å². The monoisotopic (exact) mass is 318 g/mol. The van der Waals surface area contributed by atoms with Crippen LogP contribution in [0, 0.1) is 6.92 Å². The highest BCUT2D eigenvalue weighted by molar-refractivity contribution is 5.67. The quantitative estimate of drug-likeness (QED) is 0.615. The Morgan fingerprint density at radius 1 is 1.04 bits per heavy atom. The van der Waals surface area contributed by atoms with Crippen molar-refractivity contribution < 1.29 is 0 Å². The van der Waals surface area contributed by atoms with E-state index >= 15 is 0 Å². The van der Waals surface area contributed by atoms with Gasteiger partial charge in [0, 0.05) is 31.3 Å². The van der Waals surface area contributed by atoms with Gasteiger partial charge in [0.2, 0.25) is 0 Å². The number of aryl methyl sites for hydroxylation is 1. The summed E-state index contributed by atoms with van der Waals surface area (Å²) in [5.41, 5.74) is 4.40. The summed E-state index contributed by atoms with van der Waals surface area (Å²) in [6.07, 6.45) is 7.39. The van der Waals surface area contributed by atoms with Gasteiger partial charge in [-0.2, -0.15) is 10.2 Å². The van der Waals surface area contributed by atoms with Crippen LogP contribution in [0.15, 0.2) is 61.2 Å². The van der Waals surface area contributed by atoms with E-state index in [1.165, 1.54) is 11.1 Å². The van der Waals surface area contributed by atoms with E-state index in [4.69, 9.17) is 0 Å². The molecule has 0 aliphatic carbocycles. The van der Waals surface area contributed by atoms with Crippen molar-refractivity contribution >= 4 is 11.3 Å². The molecule has 1 N–H and O–H groups in total. The van der Waals surface area contributed by atoms with Crippen LogP contribution in [0.3, 0.4) is 0 Å². The number of rotatable bonds is 5. The second-order valence-electron chi connectivity index (χ2n) is 5.77. The van der Waals surface area contributed by atoms with Gasteiger partial charge in [-0.05, 0) is 30.2 Å². The maximum Gasteiger partial charge on any atom is 0.152 e. The molecule has 0 bridgehead atoms. The first-order valence-corrected chi connectivity index (χ1v) is 7.88. The lowest BCUT2D eigenvalue weighted by atomic mass is 10.1. The van der Waals surface area contributed by atoms with E-state index in [-0.39, 0.29) is 0 Å². The van der Waals surface area contributed by atoms with Gasteiger partial charge in [-0.1, -0.05) is 24.3 Å². The zero-order valence-corrected chi connectivity index (χ0v) is 13.4. The molecule has 0 unspecified atom stereocenters. The van der Waals surface area contributed by atoms with E-state index in [1.54, 1.807) is 12.4 Å². The molecule has 6 heteroatoms. The smallest absolute Gasteiger partial charge is 0.152 e. The van der Waals surface area contributed by atoms with E-state index in [0.717, 1.165) is 23.6 Å². The van der Waals surface area contributed by atoms with E-state index in [2.05, 4.69) is 44.8 Å². The first kappa shape index (κ1) is 14.4. The lowest BCUT2D eigenvalue weighted by molar-refractivity contribution is 0.686.